The number of aliphatic imine (C=N–C) groups is 1. The van der Waals surface area contributed by atoms with Crippen LogP contribution >= 0.6 is 0 Å². The highest BCUT2D eigenvalue weighted by molar-refractivity contribution is 5.86. The van der Waals surface area contributed by atoms with Gasteiger partial charge in [-0.05, 0) is 54.8 Å². The molecule has 3 aromatic heterocycles. The Morgan fingerprint density at radius 3 is 2.92 bits per heavy atom. The third-order valence-electron chi connectivity index (χ3n) is 6.03. The molecule has 36 heavy (non-hydrogen) atoms. The van der Waals surface area contributed by atoms with Gasteiger partial charge in [-0.2, -0.15) is 0 Å². The number of aromatic amines is 2. The van der Waals surface area contributed by atoms with E-state index in [1.807, 2.05) is 54.1 Å². The van der Waals surface area contributed by atoms with E-state index in [1.165, 1.54) is 0 Å². The van der Waals surface area contributed by atoms with Crippen molar-refractivity contribution in [2.75, 3.05) is 13.7 Å². The number of ether oxygens (including phenoxy) is 1. The molecule has 9 nitrogen and oxygen atoms in total. The van der Waals surface area contributed by atoms with Crippen molar-refractivity contribution in [2.24, 2.45) is 10.9 Å². The lowest BCUT2D eigenvalue weighted by atomic mass is 10.0. The second-order valence-electron chi connectivity index (χ2n) is 8.56. The van der Waals surface area contributed by atoms with E-state index in [2.05, 4.69) is 19.9 Å². The number of nitrogens with zero attached hydrogens (tertiary/aromatic N) is 4. The van der Waals surface area contributed by atoms with Gasteiger partial charge in [0.1, 0.15) is 17.1 Å². The smallest absolute Gasteiger partial charge is 0.261 e. The molecular weight excluding hydrogens is 456 g/mol. The number of aromatic nitrogens is 5. The number of H-pyrrole nitrogens is 2. The summed E-state index contributed by atoms with van der Waals surface area (Å²) in [6.07, 6.45) is 9.14. The van der Waals surface area contributed by atoms with Crippen molar-refractivity contribution in [1.82, 2.24) is 24.5 Å². The van der Waals surface area contributed by atoms with E-state index in [0.29, 0.717) is 23.5 Å². The van der Waals surface area contributed by atoms with Crippen molar-refractivity contribution in [3.05, 3.63) is 88.9 Å². The van der Waals surface area contributed by atoms with E-state index in [1.54, 1.807) is 38.1 Å². The number of rotatable bonds is 8. The molecule has 0 saturated carbocycles. The summed E-state index contributed by atoms with van der Waals surface area (Å²) in [4.78, 5) is 32.3. The zero-order valence-electron chi connectivity index (χ0n) is 20.0. The van der Waals surface area contributed by atoms with Crippen LogP contribution in [0.25, 0.3) is 28.1 Å². The quantitative estimate of drug-likeness (QED) is 0.289. The van der Waals surface area contributed by atoms with Crippen molar-refractivity contribution < 1.29 is 9.84 Å². The van der Waals surface area contributed by atoms with Crippen molar-refractivity contribution in [3.63, 3.8) is 0 Å². The third-order valence-corrected chi connectivity index (χ3v) is 6.03. The van der Waals surface area contributed by atoms with Crippen LogP contribution in [0.15, 0.2) is 77.2 Å². The monoisotopic (exact) mass is 482 g/mol. The Balaban J connectivity index is 1.49. The molecule has 0 fully saturated rings. The summed E-state index contributed by atoms with van der Waals surface area (Å²) in [5, 5.41) is 9.95. The van der Waals surface area contributed by atoms with Crippen LogP contribution in [-0.4, -0.2) is 49.5 Å². The summed E-state index contributed by atoms with van der Waals surface area (Å²) in [5.41, 5.74) is 5.01. The lowest BCUT2D eigenvalue weighted by molar-refractivity contribution is 0.263. The number of hydrogen-bond acceptors (Lipinski definition) is 6. The molecule has 0 bridgehead atoms. The highest BCUT2D eigenvalue weighted by Gasteiger charge is 2.16. The minimum atomic E-state index is -0.301. The van der Waals surface area contributed by atoms with Gasteiger partial charge in [0.25, 0.3) is 5.56 Å². The molecule has 182 valence electrons. The maximum atomic E-state index is 12.9. The first-order valence-electron chi connectivity index (χ1n) is 11.5. The maximum absolute atomic E-state index is 12.9. The zero-order chi connectivity index (χ0) is 25.1. The molecule has 0 amide bonds. The van der Waals surface area contributed by atoms with Crippen LogP contribution in [0, 0.1) is 12.8 Å². The van der Waals surface area contributed by atoms with Crippen LogP contribution in [0.4, 0.5) is 5.69 Å². The van der Waals surface area contributed by atoms with Crippen LogP contribution in [0.5, 0.6) is 5.75 Å². The molecule has 5 rings (SSSR count). The Morgan fingerprint density at radius 1 is 1.25 bits per heavy atom. The second-order valence-corrected chi connectivity index (χ2v) is 8.56. The van der Waals surface area contributed by atoms with Crippen LogP contribution in [0.2, 0.25) is 0 Å². The predicted molar refractivity (Wildman–Crippen MR) is 139 cm³/mol. The predicted octanol–water partition coefficient (Wildman–Crippen LogP) is 3.97. The number of nitrogens with one attached hydrogen (secondary N) is 2. The van der Waals surface area contributed by atoms with Crippen molar-refractivity contribution >= 4 is 22.9 Å². The van der Waals surface area contributed by atoms with Gasteiger partial charge >= 0.3 is 0 Å². The number of aliphatic hydroxyl groups is 1. The number of aryl methyl sites for hydroxylation is 1. The molecule has 0 aliphatic rings. The van der Waals surface area contributed by atoms with E-state index >= 15 is 0 Å². The Morgan fingerprint density at radius 2 is 2.14 bits per heavy atom. The van der Waals surface area contributed by atoms with Gasteiger partial charge in [-0.25, -0.2) is 9.97 Å². The van der Waals surface area contributed by atoms with Crippen LogP contribution in [0.1, 0.15) is 11.1 Å². The van der Waals surface area contributed by atoms with Crippen molar-refractivity contribution in [1.29, 1.82) is 0 Å². The van der Waals surface area contributed by atoms with Crippen LogP contribution in [-0.2, 0) is 6.42 Å². The van der Waals surface area contributed by atoms with Crippen molar-refractivity contribution in [2.45, 2.75) is 13.3 Å². The summed E-state index contributed by atoms with van der Waals surface area (Å²) in [6, 6.07) is 13.4. The first kappa shape index (κ1) is 23.3. The van der Waals surface area contributed by atoms with Gasteiger partial charge in [0.05, 0.1) is 36.8 Å². The SMILES string of the molecule is COc1cccc(CC(C=Nc2cc[nH]c(=O)c2-c2nc3c(C)cc(-n4ccnc4)cc3[nH]2)CO)c1. The molecule has 0 aliphatic carbocycles. The van der Waals surface area contributed by atoms with Gasteiger partial charge in [-0.1, -0.05) is 12.1 Å². The van der Waals surface area contributed by atoms with E-state index in [9.17, 15) is 9.90 Å². The Bertz CT molecular complexity index is 1580. The van der Waals surface area contributed by atoms with Gasteiger partial charge in [0, 0.05) is 36.4 Å². The third kappa shape index (κ3) is 4.69. The largest absolute Gasteiger partial charge is 0.497 e. The van der Waals surface area contributed by atoms with Gasteiger partial charge in [0.15, 0.2) is 0 Å². The summed E-state index contributed by atoms with van der Waals surface area (Å²) in [5.74, 6) is 0.951. The fraction of sp³-hybridized carbons (Fsp3) is 0.185. The fourth-order valence-corrected chi connectivity index (χ4v) is 4.21. The lowest BCUT2D eigenvalue weighted by Gasteiger charge is -2.10. The Kier molecular flexibility index (Phi) is 6.46. The standard InChI is InChI=1S/C27H26N6O3/c1-17-10-20(33-9-8-28-16-33)13-23-25(17)32-26(31-23)24-22(6-7-29-27(24)35)30-14-19(15-34)11-18-4-3-5-21(12-18)36-2/h3-10,12-14,16,19,34H,11,15H2,1-2H3,(H,29,35)(H,31,32). The highest BCUT2D eigenvalue weighted by Crippen LogP contribution is 2.29. The van der Waals surface area contributed by atoms with Gasteiger partial charge < -0.3 is 24.4 Å². The number of fused-ring (bicyclic) bond motifs is 1. The number of benzene rings is 2. The molecule has 1 atom stereocenters. The van der Waals surface area contributed by atoms with Crippen LogP contribution in [0.3, 0.4) is 0 Å². The number of hydrogen-bond donors (Lipinski definition) is 3. The van der Waals surface area contributed by atoms with Crippen LogP contribution < -0.4 is 10.3 Å². The lowest BCUT2D eigenvalue weighted by Crippen LogP contribution is -2.12. The first-order valence-corrected chi connectivity index (χ1v) is 11.5. The maximum Gasteiger partial charge on any atom is 0.261 e. The summed E-state index contributed by atoms with van der Waals surface area (Å²) >= 11 is 0. The minimum Gasteiger partial charge on any atom is -0.497 e. The number of imidazole rings is 2. The average Bonchev–Trinajstić information content (AvgIpc) is 3.57. The zero-order valence-corrected chi connectivity index (χ0v) is 20.0. The second kappa shape index (κ2) is 10.0. The summed E-state index contributed by atoms with van der Waals surface area (Å²) < 4.78 is 7.20. The Hall–Kier alpha value is -4.50. The fourth-order valence-electron chi connectivity index (χ4n) is 4.21. The molecule has 0 saturated heterocycles. The molecular formula is C27H26N6O3. The minimum absolute atomic E-state index is 0.0832. The molecule has 3 N–H and O–H groups in total. The normalized spacial score (nSPS) is 12.4. The van der Waals surface area contributed by atoms with E-state index in [4.69, 9.17) is 9.72 Å². The molecule has 0 aliphatic heterocycles. The summed E-state index contributed by atoms with van der Waals surface area (Å²) in [7, 11) is 1.62. The summed E-state index contributed by atoms with van der Waals surface area (Å²) in [6.45, 7) is 1.90. The topological polar surface area (TPSA) is 121 Å². The molecule has 5 aromatic rings. The number of aliphatic hydroxyl groups excluding tert-OH is 1. The molecule has 3 heterocycles. The van der Waals surface area contributed by atoms with E-state index in [0.717, 1.165) is 33.6 Å². The van der Waals surface area contributed by atoms with Gasteiger partial charge in [0.2, 0.25) is 0 Å². The number of methoxy groups -OCH3 is 1. The molecule has 1 unspecified atom stereocenters. The average molecular weight is 483 g/mol. The van der Waals surface area contributed by atoms with E-state index in [-0.39, 0.29) is 18.1 Å². The van der Waals surface area contributed by atoms with Crippen molar-refractivity contribution in [3.8, 4) is 22.8 Å². The van der Waals surface area contributed by atoms with Gasteiger partial charge in [-0.3, -0.25) is 9.79 Å². The highest BCUT2D eigenvalue weighted by atomic mass is 16.5. The molecule has 0 spiro atoms. The molecule has 0 radical (unpaired) electrons. The Labute approximate surface area is 207 Å². The first-order chi connectivity index (χ1) is 17.6. The van der Waals surface area contributed by atoms with Gasteiger partial charge in [-0.15, -0.1) is 0 Å². The van der Waals surface area contributed by atoms with E-state index < -0.39 is 0 Å². The molecule has 2 aromatic carbocycles. The number of pyridine rings is 1. The molecule has 9 heteroatoms.